The Balaban J connectivity index is 0.00000240. The molecule has 29 heavy (non-hydrogen) atoms. The summed E-state index contributed by atoms with van der Waals surface area (Å²) in [6, 6.07) is 7.73. The molecule has 2 atom stereocenters. The molecule has 1 aliphatic heterocycles. The van der Waals surface area contributed by atoms with Gasteiger partial charge in [-0.25, -0.2) is 0 Å². The van der Waals surface area contributed by atoms with E-state index in [1.54, 1.807) is 11.7 Å². The molecule has 1 aliphatic rings. The first kappa shape index (κ1) is 20.9. The molecule has 0 unspecified atom stereocenters. The van der Waals surface area contributed by atoms with E-state index in [2.05, 4.69) is 21.0 Å². The molecule has 0 aliphatic carbocycles. The van der Waals surface area contributed by atoms with Gasteiger partial charge in [-0.2, -0.15) is 5.10 Å². The lowest BCUT2D eigenvalue weighted by Crippen LogP contribution is -2.28. The van der Waals surface area contributed by atoms with Crippen LogP contribution in [0.4, 0.5) is 5.69 Å². The summed E-state index contributed by atoms with van der Waals surface area (Å²) in [6.45, 7) is 1.64. The third kappa shape index (κ3) is 4.28. The van der Waals surface area contributed by atoms with Crippen LogP contribution in [0.3, 0.4) is 0 Å². The van der Waals surface area contributed by atoms with Crippen molar-refractivity contribution in [1.82, 2.24) is 25.0 Å². The van der Waals surface area contributed by atoms with Crippen molar-refractivity contribution in [3.05, 3.63) is 48.4 Å². The molecule has 0 saturated carbocycles. The predicted octanol–water partition coefficient (Wildman–Crippen LogP) is 1.48. The fraction of sp³-hybridized carbons (Fsp3) is 0.350. The van der Waals surface area contributed by atoms with Crippen LogP contribution in [0.5, 0.6) is 0 Å². The average Bonchev–Trinajstić information content (AvgIpc) is 3.41. The van der Waals surface area contributed by atoms with Crippen molar-refractivity contribution in [2.75, 3.05) is 25.5 Å². The Kier molecular flexibility index (Phi) is 6.24. The number of rotatable bonds is 5. The van der Waals surface area contributed by atoms with E-state index >= 15 is 0 Å². The van der Waals surface area contributed by atoms with Crippen molar-refractivity contribution >= 4 is 40.8 Å². The number of nitrogens with one attached hydrogen (secondary N) is 3. The first-order valence-corrected chi connectivity index (χ1v) is 9.35. The number of aromatic nitrogens is 3. The quantitative estimate of drug-likeness (QED) is 0.587. The largest absolute Gasteiger partial charge is 0.358 e. The van der Waals surface area contributed by atoms with E-state index in [0.717, 1.165) is 28.7 Å². The van der Waals surface area contributed by atoms with E-state index in [4.69, 9.17) is 0 Å². The number of likely N-dealkylation sites (N-methyl/N-ethyl adjacent to an activating group) is 1. The number of halogens is 1. The molecule has 9 heteroatoms. The summed E-state index contributed by atoms with van der Waals surface area (Å²) in [6.07, 6.45) is 5.68. The van der Waals surface area contributed by atoms with Gasteiger partial charge in [-0.05, 0) is 29.1 Å². The minimum Gasteiger partial charge on any atom is -0.358 e. The lowest BCUT2D eigenvalue weighted by molar-refractivity contribution is -0.121. The van der Waals surface area contributed by atoms with Gasteiger partial charge in [0.2, 0.25) is 11.8 Å². The monoisotopic (exact) mass is 416 g/mol. The molecule has 3 heterocycles. The maximum Gasteiger partial charge on any atom is 0.239 e. The Morgan fingerprint density at radius 1 is 1.28 bits per heavy atom. The zero-order valence-electron chi connectivity index (χ0n) is 16.4. The number of carbonyl (C=O) groups excluding carboxylic acids is 2. The van der Waals surface area contributed by atoms with Gasteiger partial charge in [0.25, 0.3) is 0 Å². The summed E-state index contributed by atoms with van der Waals surface area (Å²) >= 11 is 0. The van der Waals surface area contributed by atoms with Gasteiger partial charge in [-0.15, -0.1) is 12.4 Å². The highest BCUT2D eigenvalue weighted by molar-refractivity contribution is 5.96. The average molecular weight is 417 g/mol. The van der Waals surface area contributed by atoms with Crippen LogP contribution in [0.1, 0.15) is 11.5 Å². The molecule has 1 fully saturated rings. The number of fused-ring (bicyclic) bond motifs is 1. The first-order chi connectivity index (χ1) is 13.5. The molecular weight excluding hydrogens is 392 g/mol. The highest BCUT2D eigenvalue weighted by Gasteiger charge is 2.34. The van der Waals surface area contributed by atoms with Crippen LogP contribution >= 0.6 is 12.4 Å². The number of hydrogen-bond acceptors (Lipinski definition) is 4. The van der Waals surface area contributed by atoms with E-state index < -0.39 is 0 Å². The van der Waals surface area contributed by atoms with Gasteiger partial charge in [0.15, 0.2) is 0 Å². The second-order valence-electron chi connectivity index (χ2n) is 7.20. The van der Waals surface area contributed by atoms with Crippen molar-refractivity contribution < 1.29 is 9.59 Å². The van der Waals surface area contributed by atoms with Crippen molar-refractivity contribution in [2.24, 2.45) is 13.0 Å². The molecule has 0 spiro atoms. The van der Waals surface area contributed by atoms with Crippen LogP contribution in [-0.2, 0) is 23.2 Å². The number of nitrogens with zero attached hydrogens (tertiary/aromatic N) is 3. The van der Waals surface area contributed by atoms with Gasteiger partial charge < -0.3 is 20.5 Å². The Morgan fingerprint density at radius 3 is 2.83 bits per heavy atom. The lowest BCUT2D eigenvalue weighted by Gasteiger charge is -2.17. The minimum atomic E-state index is -0.155. The van der Waals surface area contributed by atoms with Crippen molar-refractivity contribution in [3.8, 4) is 0 Å². The number of amides is 2. The molecule has 154 valence electrons. The van der Waals surface area contributed by atoms with E-state index in [0.29, 0.717) is 6.54 Å². The van der Waals surface area contributed by atoms with Crippen LogP contribution in [0.15, 0.2) is 42.9 Å². The summed E-state index contributed by atoms with van der Waals surface area (Å²) in [4.78, 5) is 24.7. The van der Waals surface area contributed by atoms with Crippen LogP contribution < -0.4 is 16.0 Å². The van der Waals surface area contributed by atoms with Gasteiger partial charge in [0.05, 0.1) is 17.6 Å². The Morgan fingerprint density at radius 2 is 2.10 bits per heavy atom. The third-order valence-corrected chi connectivity index (χ3v) is 5.34. The fourth-order valence-electron chi connectivity index (χ4n) is 3.80. The predicted molar refractivity (Wildman–Crippen MR) is 114 cm³/mol. The Bertz CT molecular complexity index is 1030. The van der Waals surface area contributed by atoms with Crippen LogP contribution in [-0.4, -0.2) is 46.3 Å². The summed E-state index contributed by atoms with van der Waals surface area (Å²) in [5.74, 6) is -0.127. The smallest absolute Gasteiger partial charge is 0.239 e. The topological polar surface area (TPSA) is 93.0 Å². The maximum absolute atomic E-state index is 12.9. The second kappa shape index (κ2) is 8.67. The standard InChI is InChI=1S/C20H24N6O2.ClH/c1-21-19(27)12-26-6-5-13-3-4-15(7-18(13)26)24-20(28)17-10-22-9-16(17)14-8-23-25(2)11-14;/h3-8,11,16-17,22H,9-10,12H2,1-2H3,(H,21,27)(H,24,28);1H/t16-,17+;/m1./s1. The van der Waals surface area contributed by atoms with E-state index in [1.165, 1.54) is 0 Å². The van der Waals surface area contributed by atoms with Crippen molar-refractivity contribution in [1.29, 1.82) is 0 Å². The molecular formula is C20H25ClN6O2. The second-order valence-corrected chi connectivity index (χ2v) is 7.20. The molecule has 0 bridgehead atoms. The Hall–Kier alpha value is -2.84. The first-order valence-electron chi connectivity index (χ1n) is 9.35. The molecule has 8 nitrogen and oxygen atoms in total. The highest BCUT2D eigenvalue weighted by Crippen LogP contribution is 2.29. The molecule has 3 N–H and O–H groups in total. The number of benzene rings is 1. The third-order valence-electron chi connectivity index (χ3n) is 5.34. The highest BCUT2D eigenvalue weighted by atomic mass is 35.5. The Labute approximate surface area is 175 Å². The van der Waals surface area contributed by atoms with E-state index in [9.17, 15) is 9.59 Å². The van der Waals surface area contributed by atoms with Gasteiger partial charge in [-0.1, -0.05) is 6.07 Å². The summed E-state index contributed by atoms with van der Waals surface area (Å²) in [5, 5.41) is 14.2. The number of hydrogen-bond donors (Lipinski definition) is 3. The van der Waals surface area contributed by atoms with Crippen LogP contribution in [0.2, 0.25) is 0 Å². The van der Waals surface area contributed by atoms with Crippen LogP contribution in [0.25, 0.3) is 10.9 Å². The zero-order chi connectivity index (χ0) is 19.7. The van der Waals surface area contributed by atoms with Gasteiger partial charge >= 0.3 is 0 Å². The lowest BCUT2D eigenvalue weighted by atomic mass is 9.90. The summed E-state index contributed by atoms with van der Waals surface area (Å²) < 4.78 is 3.64. The molecule has 1 saturated heterocycles. The van der Waals surface area contributed by atoms with E-state index in [-0.39, 0.29) is 42.6 Å². The van der Waals surface area contributed by atoms with Crippen molar-refractivity contribution in [2.45, 2.75) is 12.5 Å². The molecule has 0 radical (unpaired) electrons. The summed E-state index contributed by atoms with van der Waals surface area (Å²) in [7, 11) is 3.50. The van der Waals surface area contributed by atoms with Gasteiger partial charge in [-0.3, -0.25) is 14.3 Å². The maximum atomic E-state index is 12.9. The van der Waals surface area contributed by atoms with Crippen LogP contribution in [0, 0.1) is 5.92 Å². The SMILES string of the molecule is CNC(=O)Cn1ccc2ccc(NC(=O)[C@H]3CNC[C@@H]3c3cnn(C)c3)cc21.Cl. The van der Waals surface area contributed by atoms with Gasteiger partial charge in [0.1, 0.15) is 6.54 Å². The molecule has 4 rings (SSSR count). The molecule has 2 amide bonds. The molecule has 1 aromatic carbocycles. The number of carbonyl (C=O) groups is 2. The number of aryl methyl sites for hydroxylation is 1. The normalized spacial score (nSPS) is 18.4. The van der Waals surface area contributed by atoms with E-state index in [1.807, 2.05) is 54.5 Å². The minimum absolute atomic E-state index is 0. The van der Waals surface area contributed by atoms with Gasteiger partial charge in [0, 0.05) is 51.2 Å². The zero-order valence-corrected chi connectivity index (χ0v) is 17.2. The molecule has 3 aromatic rings. The van der Waals surface area contributed by atoms with Crippen molar-refractivity contribution in [3.63, 3.8) is 0 Å². The fourth-order valence-corrected chi connectivity index (χ4v) is 3.80. The molecule has 2 aromatic heterocycles. The number of anilines is 1. The summed E-state index contributed by atoms with van der Waals surface area (Å²) in [5.41, 5.74) is 2.71.